The van der Waals surface area contributed by atoms with Crippen molar-refractivity contribution in [3.8, 4) is 5.75 Å². The molecule has 0 saturated carbocycles. The molecule has 0 unspecified atom stereocenters. The second-order valence-electron chi connectivity index (χ2n) is 3.49. The van der Waals surface area contributed by atoms with Gasteiger partial charge in [-0.15, -0.1) is 0 Å². The van der Waals surface area contributed by atoms with Crippen LogP contribution in [0, 0.1) is 6.92 Å². The number of carbonyl (C=O) groups excluding carboxylic acids is 1. The standard InChI is InChI=1S/C11H14N2O2S/c1-7-2-3-9(14)8(6-7)11(15)13-5-4-10(12)16/h2-3,6,14H,4-5H2,1H3,(H2,12,16)(H,13,15). The van der Waals surface area contributed by atoms with Crippen molar-refractivity contribution < 1.29 is 9.90 Å². The highest BCUT2D eigenvalue weighted by molar-refractivity contribution is 7.80. The Bertz CT molecular complexity index is 418. The molecule has 86 valence electrons. The van der Waals surface area contributed by atoms with E-state index in [9.17, 15) is 9.90 Å². The molecule has 0 aliphatic carbocycles. The van der Waals surface area contributed by atoms with Crippen LogP contribution in [0.1, 0.15) is 22.3 Å². The maximum atomic E-state index is 11.6. The Hall–Kier alpha value is -1.62. The lowest BCUT2D eigenvalue weighted by Crippen LogP contribution is -2.27. The van der Waals surface area contributed by atoms with Crippen LogP contribution in [0.2, 0.25) is 0 Å². The van der Waals surface area contributed by atoms with Gasteiger partial charge in [0, 0.05) is 13.0 Å². The summed E-state index contributed by atoms with van der Waals surface area (Å²) in [4.78, 5) is 12.0. The van der Waals surface area contributed by atoms with E-state index in [0.29, 0.717) is 18.0 Å². The molecule has 1 amide bonds. The largest absolute Gasteiger partial charge is 0.507 e. The van der Waals surface area contributed by atoms with Crippen LogP contribution in [-0.2, 0) is 0 Å². The molecule has 0 aliphatic rings. The molecule has 1 aromatic carbocycles. The third kappa shape index (κ3) is 3.51. The van der Waals surface area contributed by atoms with Crippen molar-refractivity contribution in [1.29, 1.82) is 0 Å². The number of carbonyl (C=O) groups is 1. The van der Waals surface area contributed by atoms with Gasteiger partial charge in [0.25, 0.3) is 5.91 Å². The fraction of sp³-hybridized carbons (Fsp3) is 0.273. The van der Waals surface area contributed by atoms with Crippen molar-refractivity contribution in [1.82, 2.24) is 5.32 Å². The van der Waals surface area contributed by atoms with Gasteiger partial charge < -0.3 is 16.2 Å². The van der Waals surface area contributed by atoms with E-state index >= 15 is 0 Å². The summed E-state index contributed by atoms with van der Waals surface area (Å²) in [5.74, 6) is -0.351. The Morgan fingerprint density at radius 1 is 1.56 bits per heavy atom. The predicted octanol–water partition coefficient (Wildman–Crippen LogP) is 1.11. The SMILES string of the molecule is Cc1ccc(O)c(C(=O)NCCC(N)=S)c1. The lowest BCUT2D eigenvalue weighted by Gasteiger charge is -2.07. The van der Waals surface area contributed by atoms with Crippen LogP contribution in [0.25, 0.3) is 0 Å². The van der Waals surface area contributed by atoms with Crippen molar-refractivity contribution in [2.75, 3.05) is 6.54 Å². The van der Waals surface area contributed by atoms with E-state index in [1.54, 1.807) is 12.1 Å². The normalized spacial score (nSPS) is 9.81. The topological polar surface area (TPSA) is 75.3 Å². The summed E-state index contributed by atoms with van der Waals surface area (Å²) in [5.41, 5.74) is 6.48. The molecule has 0 atom stereocenters. The minimum Gasteiger partial charge on any atom is -0.507 e. The summed E-state index contributed by atoms with van der Waals surface area (Å²) in [6.45, 7) is 2.23. The molecule has 0 spiro atoms. The van der Waals surface area contributed by atoms with Crippen LogP contribution in [0.5, 0.6) is 5.75 Å². The lowest BCUT2D eigenvalue weighted by atomic mass is 10.1. The zero-order chi connectivity index (χ0) is 12.1. The number of benzene rings is 1. The van der Waals surface area contributed by atoms with Gasteiger partial charge in [0.05, 0.1) is 10.6 Å². The van der Waals surface area contributed by atoms with Crippen LogP contribution in [0.3, 0.4) is 0 Å². The molecule has 0 fully saturated rings. The smallest absolute Gasteiger partial charge is 0.255 e. The average molecular weight is 238 g/mol. The van der Waals surface area contributed by atoms with Crippen LogP contribution >= 0.6 is 12.2 Å². The third-order valence-electron chi connectivity index (χ3n) is 2.05. The molecule has 0 heterocycles. The first kappa shape index (κ1) is 12.4. The van der Waals surface area contributed by atoms with Gasteiger partial charge in [-0.2, -0.15) is 0 Å². The van der Waals surface area contributed by atoms with Gasteiger partial charge in [-0.1, -0.05) is 23.8 Å². The lowest BCUT2D eigenvalue weighted by molar-refractivity contribution is 0.0952. The molecule has 16 heavy (non-hydrogen) atoms. The average Bonchev–Trinajstić information content (AvgIpc) is 2.21. The first-order valence-electron chi connectivity index (χ1n) is 4.87. The predicted molar refractivity (Wildman–Crippen MR) is 66.6 cm³/mol. The molecular weight excluding hydrogens is 224 g/mol. The van der Waals surface area contributed by atoms with E-state index in [1.165, 1.54) is 6.07 Å². The first-order chi connectivity index (χ1) is 7.50. The molecule has 0 aromatic heterocycles. The van der Waals surface area contributed by atoms with Gasteiger partial charge in [0.1, 0.15) is 5.75 Å². The number of nitrogens with two attached hydrogens (primary N) is 1. The summed E-state index contributed by atoms with van der Waals surface area (Å²) in [5, 5.41) is 12.1. The zero-order valence-corrected chi connectivity index (χ0v) is 9.80. The highest BCUT2D eigenvalue weighted by atomic mass is 32.1. The number of phenolic OH excluding ortho intramolecular Hbond substituents is 1. The van der Waals surface area contributed by atoms with Gasteiger partial charge >= 0.3 is 0 Å². The summed E-state index contributed by atoms with van der Waals surface area (Å²) >= 11 is 4.69. The number of hydrogen-bond acceptors (Lipinski definition) is 3. The van der Waals surface area contributed by atoms with E-state index in [0.717, 1.165) is 5.56 Å². The maximum absolute atomic E-state index is 11.6. The number of rotatable bonds is 4. The van der Waals surface area contributed by atoms with Gasteiger partial charge in [-0.3, -0.25) is 4.79 Å². The summed E-state index contributed by atoms with van der Waals surface area (Å²) in [6.07, 6.45) is 0.452. The number of hydrogen-bond donors (Lipinski definition) is 3. The van der Waals surface area contributed by atoms with Crippen molar-refractivity contribution in [2.45, 2.75) is 13.3 Å². The molecule has 5 heteroatoms. The van der Waals surface area contributed by atoms with Crippen molar-refractivity contribution in [3.63, 3.8) is 0 Å². The minimum atomic E-state index is -0.322. The summed E-state index contributed by atoms with van der Waals surface area (Å²) in [7, 11) is 0. The molecule has 0 saturated heterocycles. The van der Waals surface area contributed by atoms with Crippen LogP contribution < -0.4 is 11.1 Å². The van der Waals surface area contributed by atoms with Crippen LogP contribution in [0.4, 0.5) is 0 Å². The van der Waals surface area contributed by atoms with E-state index in [1.807, 2.05) is 6.92 Å². The van der Waals surface area contributed by atoms with Gasteiger partial charge in [0.15, 0.2) is 0 Å². The fourth-order valence-corrected chi connectivity index (χ4v) is 1.33. The Morgan fingerprint density at radius 2 is 2.25 bits per heavy atom. The van der Waals surface area contributed by atoms with E-state index in [-0.39, 0.29) is 17.2 Å². The Labute approximate surface area is 99.5 Å². The zero-order valence-electron chi connectivity index (χ0n) is 8.99. The summed E-state index contributed by atoms with van der Waals surface area (Å²) < 4.78 is 0. The fourth-order valence-electron chi connectivity index (χ4n) is 1.23. The van der Waals surface area contributed by atoms with E-state index in [4.69, 9.17) is 5.73 Å². The quantitative estimate of drug-likeness (QED) is 0.687. The first-order valence-corrected chi connectivity index (χ1v) is 5.27. The molecular formula is C11H14N2O2S. The third-order valence-corrected chi connectivity index (χ3v) is 2.26. The van der Waals surface area contributed by atoms with Crippen LogP contribution in [-0.4, -0.2) is 22.5 Å². The monoisotopic (exact) mass is 238 g/mol. The van der Waals surface area contributed by atoms with Crippen LogP contribution in [0.15, 0.2) is 18.2 Å². The molecule has 0 radical (unpaired) electrons. The Balaban J connectivity index is 2.65. The summed E-state index contributed by atoms with van der Waals surface area (Å²) in [6, 6.07) is 4.87. The molecule has 0 aliphatic heterocycles. The Morgan fingerprint density at radius 3 is 2.88 bits per heavy atom. The Kier molecular flexibility index (Phi) is 4.25. The number of thiocarbonyl (C=S) groups is 1. The van der Waals surface area contributed by atoms with Crippen molar-refractivity contribution >= 4 is 23.1 Å². The molecule has 4 nitrogen and oxygen atoms in total. The van der Waals surface area contributed by atoms with E-state index in [2.05, 4.69) is 17.5 Å². The molecule has 4 N–H and O–H groups in total. The van der Waals surface area contributed by atoms with Crippen molar-refractivity contribution in [3.05, 3.63) is 29.3 Å². The van der Waals surface area contributed by atoms with Gasteiger partial charge in [-0.05, 0) is 19.1 Å². The van der Waals surface area contributed by atoms with Gasteiger partial charge in [0.2, 0.25) is 0 Å². The molecule has 0 bridgehead atoms. The second-order valence-corrected chi connectivity index (χ2v) is 4.02. The number of aryl methyl sites for hydroxylation is 1. The number of amides is 1. The second kappa shape index (κ2) is 5.46. The molecule has 1 rings (SSSR count). The van der Waals surface area contributed by atoms with Crippen molar-refractivity contribution in [2.24, 2.45) is 5.73 Å². The minimum absolute atomic E-state index is 0.0292. The number of aromatic hydroxyl groups is 1. The number of phenols is 1. The molecule has 1 aromatic rings. The highest BCUT2D eigenvalue weighted by Gasteiger charge is 2.10. The maximum Gasteiger partial charge on any atom is 0.255 e. The van der Waals surface area contributed by atoms with E-state index < -0.39 is 0 Å². The highest BCUT2D eigenvalue weighted by Crippen LogP contribution is 2.17. The van der Waals surface area contributed by atoms with Gasteiger partial charge in [-0.25, -0.2) is 0 Å². The number of nitrogens with one attached hydrogen (secondary N) is 1.